The molecule has 0 fully saturated rings. The Bertz CT molecular complexity index is 4420. The summed E-state index contributed by atoms with van der Waals surface area (Å²) < 4.78 is 86.7. The summed E-state index contributed by atoms with van der Waals surface area (Å²) in [5.41, 5.74) is 5.43. The molecule has 496 valence electrons. The Balaban J connectivity index is 0.940. The number of ketones is 1. The van der Waals surface area contributed by atoms with Gasteiger partial charge in [-0.15, -0.1) is 0 Å². The van der Waals surface area contributed by atoms with Gasteiger partial charge in [-0.1, -0.05) is 91.4 Å². The Labute approximate surface area is 625 Å². The van der Waals surface area contributed by atoms with Gasteiger partial charge in [0.05, 0.1) is 56.0 Å². The van der Waals surface area contributed by atoms with E-state index in [2.05, 4.69) is 94.2 Å². The Morgan fingerprint density at radius 2 is 1.52 bits per heavy atom. The van der Waals surface area contributed by atoms with E-state index in [-0.39, 0.29) is 113 Å². The molecule has 0 bridgehead atoms. The standard InChI is InChI=1S/C67H67Cl3I5N3O13S2/c1-7-8-22-49(78-48-26-25-40(93(87,88)89)34-43(48)67(5,27-16-18-30-92(84,85)86)52(78)24-15-11-9-10-14-23-51-66(3,4)56-46(72)32-38(71)33-50(56)77(51)6)64(82)76-28-19-21-39(79)20-13-12-17-29-90-65(83)54-44(68)36-45(69)57(70)55(54)53-41-31-37(2)60(80)58(74)62(41)91-63-42(53)35-47(73)61(81)59(63)75/h9-11,14-15,23-26,31-36,49H,7-8,12-13,16-22,27-30H2,1-6H3,(H3-,76,80,81,82,84,85,86,87,88,89)/p+1. The van der Waals surface area contributed by atoms with E-state index in [9.17, 15) is 50.2 Å². The van der Waals surface area contributed by atoms with E-state index in [4.69, 9.17) is 44.0 Å². The first-order chi connectivity index (χ1) is 43.7. The largest absolute Gasteiger partial charge is 0.506 e. The fraction of sp³-hybridized carbons (Fsp3) is 0.358. The highest BCUT2D eigenvalue weighted by atomic mass is 127. The van der Waals surface area contributed by atoms with Crippen LogP contribution in [0.1, 0.15) is 132 Å². The second kappa shape index (κ2) is 31.7. The number of phenolic OH excluding ortho intramolecular Hbond substituents is 1. The highest BCUT2D eigenvalue weighted by Gasteiger charge is 2.48. The Kier molecular flexibility index (Phi) is 25.8. The van der Waals surface area contributed by atoms with Gasteiger partial charge < -0.3 is 24.5 Å². The molecular formula is C67H68Cl3I5N3O13S2+. The summed E-state index contributed by atoms with van der Waals surface area (Å²) in [5, 5.41) is 14.5. The first-order valence-corrected chi connectivity index (χ1v) is 39.4. The number of allylic oxidation sites excluding steroid dienone is 8. The monoisotopic (exact) mass is 1930 g/mol. The van der Waals surface area contributed by atoms with Crippen molar-refractivity contribution >= 4 is 214 Å². The molecule has 4 aromatic carbocycles. The topological polar surface area (TPSA) is 238 Å². The number of halogens is 8. The molecule has 4 aliphatic rings. The van der Waals surface area contributed by atoms with Gasteiger partial charge in [-0.25, -0.2) is 4.79 Å². The van der Waals surface area contributed by atoms with Crippen molar-refractivity contribution in [1.82, 2.24) is 5.32 Å². The van der Waals surface area contributed by atoms with Crippen LogP contribution in [0.3, 0.4) is 0 Å². The SMILES string of the molecule is CCCCC(C(=O)NCCCC(=O)CCCCCOC(=O)c1c(Cl)cc(Cl)c(Cl)c1-c1c2cc(I)c(=O)c(I)c-2oc2c(I)c(O)c(C)cc12)N1\C(=C/C=C/C=C/C=C/C2=[N+](C)c3cc(I)cc(I)c3C2(C)C)C(C)(CCCCS(=O)(=O)O)c2cc(S(=O)(=O)O)ccc21. The fourth-order valence-corrected chi connectivity index (χ4v) is 19.2. The van der Waals surface area contributed by atoms with Gasteiger partial charge in [0.25, 0.3) is 20.2 Å². The number of fused-ring (bicyclic) bond motifs is 4. The van der Waals surface area contributed by atoms with Crippen molar-refractivity contribution in [2.45, 2.75) is 133 Å². The molecule has 1 aliphatic carbocycles. The molecule has 26 heteroatoms. The minimum atomic E-state index is -4.68. The zero-order chi connectivity index (χ0) is 68.2. The molecule has 3 aliphatic heterocycles. The number of carbonyl (C=O) groups excluding carboxylic acids is 3. The minimum absolute atomic E-state index is 0.00462. The van der Waals surface area contributed by atoms with Crippen molar-refractivity contribution in [3.63, 3.8) is 0 Å². The lowest BCUT2D eigenvalue weighted by molar-refractivity contribution is -0.401. The number of hydrogen-bond acceptors (Lipinski definition) is 12. The first-order valence-electron chi connectivity index (χ1n) is 29.8. The van der Waals surface area contributed by atoms with Gasteiger partial charge in [0.15, 0.2) is 17.1 Å². The number of nitrogens with zero attached hydrogens (tertiary/aromatic N) is 2. The summed E-state index contributed by atoms with van der Waals surface area (Å²) in [7, 11) is -6.90. The number of phenols is 1. The number of anilines is 1. The number of nitrogens with one attached hydrogen (secondary N) is 1. The lowest BCUT2D eigenvalue weighted by Gasteiger charge is -2.35. The van der Waals surface area contributed by atoms with Gasteiger partial charge in [-0.05, 0) is 245 Å². The molecule has 0 aromatic heterocycles. The van der Waals surface area contributed by atoms with Crippen molar-refractivity contribution in [2.24, 2.45) is 0 Å². The highest BCUT2D eigenvalue weighted by molar-refractivity contribution is 14.1. The van der Waals surface area contributed by atoms with Crippen molar-refractivity contribution in [1.29, 1.82) is 0 Å². The number of benzene rings is 5. The van der Waals surface area contributed by atoms with Crippen LogP contribution in [-0.4, -0.2) is 91.0 Å². The van der Waals surface area contributed by atoms with E-state index < -0.39 is 43.4 Å². The van der Waals surface area contributed by atoms with Crippen LogP contribution in [0.15, 0.2) is 111 Å². The molecule has 0 spiro atoms. The number of Topliss-reactive ketones (excluding diaryl/α,β-unsaturated/α-hetero) is 1. The molecular weight excluding hydrogens is 1860 g/mol. The fourth-order valence-electron chi connectivity index (χ4n) is 12.2. The molecule has 1 amide bonds. The van der Waals surface area contributed by atoms with Gasteiger partial charge in [-0.3, -0.25) is 23.5 Å². The zero-order valence-electron chi connectivity index (χ0n) is 51.5. The van der Waals surface area contributed by atoms with Gasteiger partial charge >= 0.3 is 5.97 Å². The molecule has 4 aromatic rings. The number of unbranched alkanes of at least 4 members (excludes halogenated alkanes) is 4. The second-order valence-corrected chi connectivity index (χ2v) is 33.6. The summed E-state index contributed by atoms with van der Waals surface area (Å²) in [4.78, 5) is 57.0. The van der Waals surface area contributed by atoms with Crippen LogP contribution < -0.4 is 15.6 Å². The van der Waals surface area contributed by atoms with Crippen LogP contribution in [-0.2, 0) is 45.4 Å². The summed E-state index contributed by atoms with van der Waals surface area (Å²) in [6.45, 7) is 10.2. The summed E-state index contributed by atoms with van der Waals surface area (Å²) in [5.74, 6) is -1.41. The number of esters is 1. The van der Waals surface area contributed by atoms with Crippen LogP contribution in [0.2, 0.25) is 15.1 Å². The van der Waals surface area contributed by atoms with E-state index in [1.165, 1.54) is 33.0 Å². The number of amides is 1. The minimum Gasteiger partial charge on any atom is -0.506 e. The molecule has 0 radical (unpaired) electrons. The maximum absolute atomic E-state index is 14.7. The number of carbonyl (C=O) groups is 3. The molecule has 2 atom stereocenters. The number of rotatable bonds is 27. The van der Waals surface area contributed by atoms with Gasteiger partial charge in [0, 0.05) is 77.5 Å². The predicted octanol–water partition coefficient (Wildman–Crippen LogP) is 17.6. The third-order valence-corrected chi connectivity index (χ3v) is 23.8. The number of ether oxygens (including phenoxy) is 1. The highest BCUT2D eigenvalue weighted by Crippen LogP contribution is 2.54. The molecule has 93 heavy (non-hydrogen) atoms. The van der Waals surface area contributed by atoms with Crippen LogP contribution in [0.5, 0.6) is 5.75 Å². The maximum atomic E-state index is 14.7. The first kappa shape index (κ1) is 75.5. The molecule has 16 nitrogen and oxygen atoms in total. The van der Waals surface area contributed by atoms with E-state index >= 15 is 0 Å². The lowest BCUT2D eigenvalue weighted by atomic mass is 9.77. The Morgan fingerprint density at radius 1 is 0.817 bits per heavy atom. The molecule has 3 heterocycles. The van der Waals surface area contributed by atoms with Gasteiger partial charge in [-0.2, -0.15) is 21.4 Å². The Hall–Kier alpha value is -3.25. The molecule has 4 N–H and O–H groups in total. The third kappa shape index (κ3) is 16.9. The third-order valence-electron chi connectivity index (χ3n) is 16.8. The zero-order valence-corrected chi connectivity index (χ0v) is 66.2. The Morgan fingerprint density at radius 3 is 2.22 bits per heavy atom. The van der Waals surface area contributed by atoms with Crippen molar-refractivity contribution in [2.75, 3.05) is 30.9 Å². The van der Waals surface area contributed by atoms with E-state index in [0.29, 0.717) is 91.1 Å². The summed E-state index contributed by atoms with van der Waals surface area (Å²) in [6.07, 6.45) is 18.1. The van der Waals surface area contributed by atoms with Gasteiger partial charge in [0.1, 0.15) is 28.2 Å². The number of aryl methyl sites for hydroxylation is 1. The number of aromatic hydroxyl groups is 1. The maximum Gasteiger partial charge on any atom is 0.340 e. The van der Waals surface area contributed by atoms with Crippen LogP contribution in [0.25, 0.3) is 33.4 Å². The van der Waals surface area contributed by atoms with Crippen LogP contribution >= 0.6 is 148 Å². The smallest absolute Gasteiger partial charge is 0.340 e. The van der Waals surface area contributed by atoms with Crippen LogP contribution in [0.4, 0.5) is 11.4 Å². The molecule has 8 rings (SSSR count). The summed E-state index contributed by atoms with van der Waals surface area (Å²) in [6, 6.07) is 12.5. The van der Waals surface area contributed by atoms with Crippen molar-refractivity contribution < 1.29 is 59.2 Å². The van der Waals surface area contributed by atoms with Crippen LogP contribution in [0, 0.1) is 24.8 Å². The quantitative estimate of drug-likeness (QED) is 0.00549. The van der Waals surface area contributed by atoms with Crippen molar-refractivity contribution in [3.05, 3.63) is 162 Å². The van der Waals surface area contributed by atoms with E-state index in [1.54, 1.807) is 25.1 Å². The normalized spacial score (nSPS) is 16.5. The summed E-state index contributed by atoms with van der Waals surface area (Å²) >= 11 is 31.1. The molecule has 0 saturated carbocycles. The predicted molar refractivity (Wildman–Crippen MR) is 411 cm³/mol. The number of hydrogen-bond donors (Lipinski definition) is 4. The van der Waals surface area contributed by atoms with E-state index in [1.807, 2.05) is 123 Å². The van der Waals surface area contributed by atoms with Crippen molar-refractivity contribution in [3.8, 4) is 28.2 Å². The lowest BCUT2D eigenvalue weighted by Crippen LogP contribution is -2.47. The van der Waals surface area contributed by atoms with E-state index in [0.717, 1.165) is 15.7 Å². The average molecular weight is 1930 g/mol. The van der Waals surface area contributed by atoms with Gasteiger partial charge in [0.2, 0.25) is 17.0 Å². The second-order valence-electron chi connectivity index (χ2n) is 23.7. The average Bonchev–Trinajstić information content (AvgIpc) is 1.59. The molecule has 2 unspecified atom stereocenters. The molecule has 0 saturated heterocycles.